The molecule has 112 valence electrons. The van der Waals surface area contributed by atoms with Crippen molar-refractivity contribution >= 4 is 22.8 Å². The lowest BCUT2D eigenvalue weighted by molar-refractivity contribution is -0.119. The van der Waals surface area contributed by atoms with Gasteiger partial charge >= 0.3 is 0 Å². The van der Waals surface area contributed by atoms with Crippen molar-refractivity contribution in [2.75, 3.05) is 25.5 Å². The lowest BCUT2D eigenvalue weighted by atomic mass is 10.3. The lowest BCUT2D eigenvalue weighted by Crippen LogP contribution is -2.33. The maximum atomic E-state index is 11.5. The number of benzene rings is 1. The monoisotopic (exact) mass is 296 g/mol. The summed E-state index contributed by atoms with van der Waals surface area (Å²) in [6, 6.07) is 9.77. The van der Waals surface area contributed by atoms with E-state index < -0.39 is 0 Å². The zero-order chi connectivity index (χ0) is 15.5. The van der Waals surface area contributed by atoms with Gasteiger partial charge in [-0.05, 0) is 12.1 Å². The predicted molar refractivity (Wildman–Crippen MR) is 84.0 cm³/mol. The third kappa shape index (κ3) is 2.48. The molecule has 3 aromatic rings. The van der Waals surface area contributed by atoms with Crippen molar-refractivity contribution in [2.45, 2.75) is 0 Å². The average molecular weight is 296 g/mol. The molecule has 0 unspecified atom stereocenters. The molecule has 2 aromatic heterocycles. The number of carbonyl (C=O) groups is 1. The second-order valence-electron chi connectivity index (χ2n) is 4.86. The summed E-state index contributed by atoms with van der Waals surface area (Å²) in [4.78, 5) is 21.9. The number of anilines is 1. The van der Waals surface area contributed by atoms with Crippen molar-refractivity contribution in [2.24, 2.45) is 0 Å². The van der Waals surface area contributed by atoms with Crippen LogP contribution in [0.5, 0.6) is 0 Å². The number of nitrogens with one attached hydrogen (secondary N) is 1. The van der Waals surface area contributed by atoms with Crippen molar-refractivity contribution < 1.29 is 4.79 Å². The van der Waals surface area contributed by atoms with Gasteiger partial charge in [-0.15, -0.1) is 0 Å². The third-order valence-electron chi connectivity index (χ3n) is 3.37. The molecule has 0 spiro atoms. The van der Waals surface area contributed by atoms with Crippen LogP contribution < -0.4 is 10.2 Å². The number of nitrogens with zero attached hydrogens (tertiary/aromatic N) is 5. The van der Waals surface area contributed by atoms with Crippen molar-refractivity contribution in [1.82, 2.24) is 25.1 Å². The molecule has 1 N–H and O–H groups in total. The average Bonchev–Trinajstić information content (AvgIpc) is 2.99. The fraction of sp³-hybridized carbons (Fsp3) is 0.200. The molecule has 0 aliphatic carbocycles. The summed E-state index contributed by atoms with van der Waals surface area (Å²) in [6.45, 7) is 0.221. The first-order chi connectivity index (χ1) is 10.7. The van der Waals surface area contributed by atoms with E-state index in [1.54, 1.807) is 22.8 Å². The van der Waals surface area contributed by atoms with Gasteiger partial charge in [0.05, 0.1) is 23.8 Å². The van der Waals surface area contributed by atoms with Crippen LogP contribution in [0.4, 0.5) is 5.82 Å². The Morgan fingerprint density at radius 1 is 1.27 bits per heavy atom. The summed E-state index contributed by atoms with van der Waals surface area (Å²) in [5.41, 5.74) is 1.64. The van der Waals surface area contributed by atoms with Crippen molar-refractivity contribution in [1.29, 1.82) is 0 Å². The van der Waals surface area contributed by atoms with Gasteiger partial charge in [-0.3, -0.25) is 4.79 Å². The van der Waals surface area contributed by atoms with Crippen LogP contribution in [-0.4, -0.2) is 46.3 Å². The summed E-state index contributed by atoms with van der Waals surface area (Å²) in [7, 11) is 3.43. The van der Waals surface area contributed by atoms with E-state index in [1.165, 1.54) is 6.33 Å². The molecule has 1 amide bonds. The largest absolute Gasteiger partial charge is 0.358 e. The second-order valence-corrected chi connectivity index (χ2v) is 4.86. The Hall–Kier alpha value is -2.96. The minimum Gasteiger partial charge on any atom is -0.358 e. The minimum atomic E-state index is -0.0790. The highest BCUT2D eigenvalue weighted by molar-refractivity contribution is 5.90. The van der Waals surface area contributed by atoms with Gasteiger partial charge < -0.3 is 10.2 Å². The number of hydrogen-bond donors (Lipinski definition) is 1. The fourth-order valence-electron chi connectivity index (χ4n) is 2.26. The highest BCUT2D eigenvalue weighted by atomic mass is 16.1. The van der Waals surface area contributed by atoms with E-state index in [1.807, 2.05) is 37.4 Å². The van der Waals surface area contributed by atoms with Gasteiger partial charge in [0, 0.05) is 14.1 Å². The van der Waals surface area contributed by atoms with Gasteiger partial charge in [0.15, 0.2) is 5.65 Å². The van der Waals surface area contributed by atoms with Crippen LogP contribution in [-0.2, 0) is 4.79 Å². The van der Waals surface area contributed by atoms with E-state index in [9.17, 15) is 4.79 Å². The molecule has 22 heavy (non-hydrogen) atoms. The molecular weight excluding hydrogens is 280 g/mol. The first kappa shape index (κ1) is 14.0. The quantitative estimate of drug-likeness (QED) is 0.777. The number of carbonyl (C=O) groups excluding carboxylic acids is 1. The molecule has 7 nitrogen and oxygen atoms in total. The number of aromatic nitrogens is 4. The van der Waals surface area contributed by atoms with Gasteiger partial charge in [0.1, 0.15) is 12.1 Å². The summed E-state index contributed by atoms with van der Waals surface area (Å²) >= 11 is 0. The first-order valence-electron chi connectivity index (χ1n) is 6.86. The number of likely N-dealkylation sites (N-methyl/N-ethyl adjacent to an activating group) is 2. The molecule has 0 bridgehead atoms. The third-order valence-corrected chi connectivity index (χ3v) is 3.37. The molecule has 1 aromatic carbocycles. The molecule has 7 heteroatoms. The lowest BCUT2D eigenvalue weighted by Gasteiger charge is -2.17. The summed E-state index contributed by atoms with van der Waals surface area (Å²) < 4.78 is 1.76. The van der Waals surface area contributed by atoms with E-state index in [-0.39, 0.29) is 12.5 Å². The van der Waals surface area contributed by atoms with Crippen molar-refractivity contribution in [3.63, 3.8) is 0 Å². The maximum Gasteiger partial charge on any atom is 0.239 e. The predicted octanol–water partition coefficient (Wildman–Crippen LogP) is 0.998. The Kier molecular flexibility index (Phi) is 3.69. The van der Waals surface area contributed by atoms with Crippen LogP contribution in [0, 0.1) is 0 Å². The number of hydrogen-bond acceptors (Lipinski definition) is 5. The molecule has 3 rings (SSSR count). The summed E-state index contributed by atoms with van der Waals surface area (Å²) in [6.07, 6.45) is 3.21. The Bertz CT molecular complexity index is 798. The molecular formula is C15H16N6O. The normalized spacial score (nSPS) is 10.6. The van der Waals surface area contributed by atoms with Gasteiger partial charge in [-0.2, -0.15) is 5.10 Å². The van der Waals surface area contributed by atoms with Crippen LogP contribution in [0.1, 0.15) is 0 Å². The molecule has 0 fully saturated rings. The molecule has 2 heterocycles. The van der Waals surface area contributed by atoms with Crippen molar-refractivity contribution in [3.8, 4) is 5.69 Å². The Labute approximate surface area is 127 Å². The maximum absolute atomic E-state index is 11.5. The Morgan fingerprint density at radius 3 is 2.77 bits per heavy atom. The fourth-order valence-corrected chi connectivity index (χ4v) is 2.26. The van der Waals surface area contributed by atoms with Gasteiger partial charge in [-0.25, -0.2) is 14.6 Å². The number of amides is 1. The summed E-state index contributed by atoms with van der Waals surface area (Å²) in [5, 5.41) is 7.80. The van der Waals surface area contributed by atoms with Crippen LogP contribution in [0.2, 0.25) is 0 Å². The SMILES string of the molecule is CNC(=O)CN(C)c1ncnc2c1cnn2-c1ccccc1. The number of rotatable bonds is 4. The van der Waals surface area contributed by atoms with Crippen LogP contribution in [0.25, 0.3) is 16.7 Å². The number of fused-ring (bicyclic) bond motifs is 1. The number of para-hydroxylation sites is 1. The smallest absolute Gasteiger partial charge is 0.239 e. The van der Waals surface area contributed by atoms with Crippen LogP contribution >= 0.6 is 0 Å². The zero-order valence-electron chi connectivity index (χ0n) is 12.4. The first-order valence-corrected chi connectivity index (χ1v) is 6.86. The van der Waals surface area contributed by atoms with E-state index in [2.05, 4.69) is 20.4 Å². The standard InChI is InChI=1S/C15H16N6O/c1-16-13(22)9-20(2)14-12-8-19-21(15(12)18-10-17-14)11-6-4-3-5-7-11/h3-8,10H,9H2,1-2H3,(H,16,22). The van der Waals surface area contributed by atoms with Gasteiger partial charge in [0.2, 0.25) is 5.91 Å². The molecule has 0 atom stereocenters. The summed E-state index contributed by atoms with van der Waals surface area (Å²) in [5.74, 6) is 0.598. The van der Waals surface area contributed by atoms with Crippen molar-refractivity contribution in [3.05, 3.63) is 42.9 Å². The van der Waals surface area contributed by atoms with E-state index in [0.717, 1.165) is 11.1 Å². The van der Waals surface area contributed by atoms with E-state index in [0.29, 0.717) is 11.5 Å². The Morgan fingerprint density at radius 2 is 2.05 bits per heavy atom. The molecule has 0 radical (unpaired) electrons. The van der Waals surface area contributed by atoms with Gasteiger partial charge in [0.25, 0.3) is 0 Å². The minimum absolute atomic E-state index is 0.0790. The van der Waals surface area contributed by atoms with Crippen LogP contribution in [0.3, 0.4) is 0 Å². The molecule has 0 aliphatic heterocycles. The molecule has 0 saturated carbocycles. The highest BCUT2D eigenvalue weighted by Crippen LogP contribution is 2.23. The second kappa shape index (κ2) is 5.80. The zero-order valence-corrected chi connectivity index (χ0v) is 12.4. The van der Waals surface area contributed by atoms with E-state index in [4.69, 9.17) is 0 Å². The molecule has 0 saturated heterocycles. The molecule has 0 aliphatic rings. The Balaban J connectivity index is 2.04. The van der Waals surface area contributed by atoms with Gasteiger partial charge in [-0.1, -0.05) is 18.2 Å². The van der Waals surface area contributed by atoms with E-state index >= 15 is 0 Å². The highest BCUT2D eigenvalue weighted by Gasteiger charge is 2.15. The van der Waals surface area contributed by atoms with Crippen LogP contribution in [0.15, 0.2) is 42.9 Å². The topological polar surface area (TPSA) is 75.9 Å².